The molecule has 3 heteroatoms. The van der Waals surface area contributed by atoms with Crippen molar-refractivity contribution in [3.63, 3.8) is 0 Å². The van der Waals surface area contributed by atoms with Crippen LogP contribution in [0.15, 0.2) is 18.5 Å². The van der Waals surface area contributed by atoms with Crippen LogP contribution >= 0.6 is 0 Å². The summed E-state index contributed by atoms with van der Waals surface area (Å²) in [5, 5.41) is 4.17. The van der Waals surface area contributed by atoms with E-state index >= 15 is 0 Å². The summed E-state index contributed by atoms with van der Waals surface area (Å²) in [4.78, 5) is 0. The van der Waals surface area contributed by atoms with Gasteiger partial charge in [0, 0.05) is 24.5 Å². The zero-order valence-electron chi connectivity index (χ0n) is 7.95. The molecule has 0 atom stereocenters. The number of rotatable bonds is 3. The fraction of sp³-hybridized carbons (Fsp3) is 0.700. The lowest BCUT2D eigenvalue weighted by Gasteiger charge is -2.23. The van der Waals surface area contributed by atoms with Gasteiger partial charge in [0.05, 0.1) is 0 Å². The van der Waals surface area contributed by atoms with Crippen LogP contribution in [0.25, 0.3) is 0 Å². The summed E-state index contributed by atoms with van der Waals surface area (Å²) in [5.41, 5.74) is 6.34. The minimum atomic E-state index is 0.103. The van der Waals surface area contributed by atoms with Gasteiger partial charge < -0.3 is 5.73 Å². The van der Waals surface area contributed by atoms with Gasteiger partial charge >= 0.3 is 0 Å². The lowest BCUT2D eigenvalue weighted by Crippen LogP contribution is -2.37. The molecule has 0 unspecified atom stereocenters. The van der Waals surface area contributed by atoms with Gasteiger partial charge in [-0.25, -0.2) is 0 Å². The SMILES string of the molecule is NC1(CCn2cccn2)CCCC1. The van der Waals surface area contributed by atoms with Crippen molar-refractivity contribution < 1.29 is 0 Å². The Morgan fingerprint density at radius 1 is 1.38 bits per heavy atom. The average molecular weight is 179 g/mol. The van der Waals surface area contributed by atoms with Gasteiger partial charge in [-0.2, -0.15) is 5.10 Å². The molecule has 0 spiro atoms. The fourth-order valence-corrected chi connectivity index (χ4v) is 2.10. The monoisotopic (exact) mass is 179 g/mol. The first-order valence-corrected chi connectivity index (χ1v) is 5.05. The zero-order chi connectivity index (χ0) is 9.15. The number of hydrogen-bond donors (Lipinski definition) is 1. The lowest BCUT2D eigenvalue weighted by molar-refractivity contribution is 0.368. The smallest absolute Gasteiger partial charge is 0.0489 e. The molecular formula is C10H17N3. The average Bonchev–Trinajstić information content (AvgIpc) is 2.72. The second-order valence-corrected chi connectivity index (χ2v) is 4.09. The summed E-state index contributed by atoms with van der Waals surface area (Å²) in [5.74, 6) is 0. The molecule has 0 aromatic carbocycles. The molecule has 0 radical (unpaired) electrons. The molecule has 2 rings (SSSR count). The van der Waals surface area contributed by atoms with E-state index in [2.05, 4.69) is 5.10 Å². The Labute approximate surface area is 78.9 Å². The van der Waals surface area contributed by atoms with E-state index in [0.29, 0.717) is 0 Å². The first-order valence-electron chi connectivity index (χ1n) is 5.05. The number of nitrogens with zero attached hydrogens (tertiary/aromatic N) is 2. The summed E-state index contributed by atoms with van der Waals surface area (Å²) < 4.78 is 1.97. The van der Waals surface area contributed by atoms with Crippen LogP contribution in [0.4, 0.5) is 0 Å². The molecule has 1 saturated carbocycles. The zero-order valence-corrected chi connectivity index (χ0v) is 7.95. The van der Waals surface area contributed by atoms with Gasteiger partial charge in [0.1, 0.15) is 0 Å². The standard InChI is InChI=1S/C10H17N3/c11-10(4-1-2-5-10)6-9-13-8-3-7-12-13/h3,7-8H,1-2,4-6,9,11H2. The van der Waals surface area contributed by atoms with E-state index < -0.39 is 0 Å². The third-order valence-electron chi connectivity index (χ3n) is 3.00. The van der Waals surface area contributed by atoms with E-state index in [1.807, 2.05) is 23.1 Å². The van der Waals surface area contributed by atoms with Crippen molar-refractivity contribution in [2.75, 3.05) is 0 Å². The van der Waals surface area contributed by atoms with Crippen molar-refractivity contribution in [1.29, 1.82) is 0 Å². The van der Waals surface area contributed by atoms with Gasteiger partial charge in [0.2, 0.25) is 0 Å². The van der Waals surface area contributed by atoms with Gasteiger partial charge in [-0.3, -0.25) is 4.68 Å². The van der Waals surface area contributed by atoms with Crippen molar-refractivity contribution in [2.24, 2.45) is 5.73 Å². The molecule has 3 nitrogen and oxygen atoms in total. The van der Waals surface area contributed by atoms with E-state index in [9.17, 15) is 0 Å². The summed E-state index contributed by atoms with van der Waals surface area (Å²) in [6.07, 6.45) is 9.86. The van der Waals surface area contributed by atoms with Gasteiger partial charge in [-0.1, -0.05) is 12.8 Å². The largest absolute Gasteiger partial charge is 0.325 e. The highest BCUT2D eigenvalue weighted by Gasteiger charge is 2.28. The van der Waals surface area contributed by atoms with E-state index in [1.54, 1.807) is 0 Å². The predicted molar refractivity (Wildman–Crippen MR) is 52.2 cm³/mol. The Hall–Kier alpha value is -0.830. The maximum absolute atomic E-state index is 6.23. The molecule has 72 valence electrons. The van der Waals surface area contributed by atoms with E-state index in [1.165, 1.54) is 25.7 Å². The minimum Gasteiger partial charge on any atom is -0.325 e. The summed E-state index contributed by atoms with van der Waals surface area (Å²) >= 11 is 0. The van der Waals surface area contributed by atoms with Gasteiger partial charge in [0.15, 0.2) is 0 Å². The van der Waals surface area contributed by atoms with Crippen molar-refractivity contribution in [3.05, 3.63) is 18.5 Å². The molecule has 1 fully saturated rings. The minimum absolute atomic E-state index is 0.103. The van der Waals surface area contributed by atoms with Crippen LogP contribution in [-0.2, 0) is 6.54 Å². The normalized spacial score (nSPS) is 20.7. The Morgan fingerprint density at radius 2 is 2.15 bits per heavy atom. The van der Waals surface area contributed by atoms with Gasteiger partial charge in [-0.05, 0) is 25.3 Å². The van der Waals surface area contributed by atoms with E-state index in [0.717, 1.165) is 13.0 Å². The topological polar surface area (TPSA) is 43.8 Å². The molecular weight excluding hydrogens is 162 g/mol. The highest BCUT2D eigenvalue weighted by molar-refractivity contribution is 4.89. The molecule has 1 aromatic heterocycles. The Morgan fingerprint density at radius 3 is 2.77 bits per heavy atom. The third-order valence-corrected chi connectivity index (χ3v) is 3.00. The second-order valence-electron chi connectivity index (χ2n) is 4.09. The molecule has 0 bridgehead atoms. The van der Waals surface area contributed by atoms with Crippen LogP contribution in [0.5, 0.6) is 0 Å². The molecule has 1 aliphatic rings. The maximum atomic E-state index is 6.23. The van der Waals surface area contributed by atoms with Crippen LogP contribution in [0.1, 0.15) is 32.1 Å². The van der Waals surface area contributed by atoms with Crippen molar-refractivity contribution in [3.8, 4) is 0 Å². The van der Waals surface area contributed by atoms with Crippen LogP contribution in [0, 0.1) is 0 Å². The second kappa shape index (κ2) is 3.50. The van der Waals surface area contributed by atoms with Crippen molar-refractivity contribution in [1.82, 2.24) is 9.78 Å². The highest BCUT2D eigenvalue weighted by Crippen LogP contribution is 2.30. The van der Waals surface area contributed by atoms with Crippen molar-refractivity contribution >= 4 is 0 Å². The Kier molecular flexibility index (Phi) is 2.36. The van der Waals surface area contributed by atoms with Crippen LogP contribution < -0.4 is 5.73 Å². The molecule has 1 heterocycles. The summed E-state index contributed by atoms with van der Waals surface area (Å²) in [7, 11) is 0. The molecule has 2 N–H and O–H groups in total. The summed E-state index contributed by atoms with van der Waals surface area (Å²) in [6, 6.07) is 1.96. The van der Waals surface area contributed by atoms with E-state index in [-0.39, 0.29) is 5.54 Å². The highest BCUT2D eigenvalue weighted by atomic mass is 15.3. The third kappa shape index (κ3) is 2.10. The molecule has 1 aromatic rings. The number of aromatic nitrogens is 2. The fourth-order valence-electron chi connectivity index (χ4n) is 2.10. The molecule has 0 amide bonds. The molecule has 13 heavy (non-hydrogen) atoms. The predicted octanol–water partition coefficient (Wildman–Crippen LogP) is 1.54. The first kappa shape index (κ1) is 8.75. The van der Waals surface area contributed by atoms with Crippen molar-refractivity contribution in [2.45, 2.75) is 44.2 Å². The van der Waals surface area contributed by atoms with Crippen LogP contribution in [-0.4, -0.2) is 15.3 Å². The number of aryl methyl sites for hydroxylation is 1. The number of hydrogen-bond acceptors (Lipinski definition) is 2. The van der Waals surface area contributed by atoms with Gasteiger partial charge in [-0.15, -0.1) is 0 Å². The van der Waals surface area contributed by atoms with Crippen LogP contribution in [0.2, 0.25) is 0 Å². The Balaban J connectivity index is 1.85. The number of nitrogens with two attached hydrogens (primary N) is 1. The molecule has 0 saturated heterocycles. The first-order chi connectivity index (χ1) is 6.29. The maximum Gasteiger partial charge on any atom is 0.0489 e. The van der Waals surface area contributed by atoms with E-state index in [4.69, 9.17) is 5.73 Å². The Bertz CT molecular complexity index is 247. The summed E-state index contributed by atoms with van der Waals surface area (Å²) in [6.45, 7) is 0.962. The molecule has 1 aliphatic carbocycles. The van der Waals surface area contributed by atoms with Gasteiger partial charge in [0.25, 0.3) is 0 Å². The lowest BCUT2D eigenvalue weighted by atomic mass is 9.95. The quantitative estimate of drug-likeness (QED) is 0.765. The molecule has 0 aliphatic heterocycles. The van der Waals surface area contributed by atoms with Crippen LogP contribution in [0.3, 0.4) is 0 Å².